The van der Waals surface area contributed by atoms with Crippen LogP contribution in [-0.4, -0.2) is 42.6 Å². The van der Waals surface area contributed by atoms with Crippen LogP contribution in [0.1, 0.15) is 43.4 Å². The molecule has 1 amide bonds. The molecule has 2 heterocycles. The number of aromatic hydroxyl groups is 1. The molecule has 12 heteroatoms. The Kier molecular flexibility index (Phi) is 7.86. The summed E-state index contributed by atoms with van der Waals surface area (Å²) in [6, 6.07) is 12.8. The van der Waals surface area contributed by atoms with Crippen LogP contribution in [0.3, 0.4) is 0 Å². The third-order valence-electron chi connectivity index (χ3n) is 8.07. The van der Waals surface area contributed by atoms with E-state index in [2.05, 4.69) is 14.7 Å². The van der Waals surface area contributed by atoms with E-state index >= 15 is 0 Å². The van der Waals surface area contributed by atoms with Crippen molar-refractivity contribution in [3.63, 3.8) is 0 Å². The van der Waals surface area contributed by atoms with Gasteiger partial charge in [-0.15, -0.1) is 0 Å². The zero-order chi connectivity index (χ0) is 32.1. The molecular weight excluding hydrogens is 621 g/mol. The summed E-state index contributed by atoms with van der Waals surface area (Å²) in [6.07, 6.45) is 2.24. The van der Waals surface area contributed by atoms with Crippen molar-refractivity contribution in [3.05, 3.63) is 82.3 Å². The summed E-state index contributed by atoms with van der Waals surface area (Å²) < 4.78 is 54.8. The number of sulfonamides is 1. The number of phenolic OH excluding ortho intramolecular Hbond substituents is 1. The van der Waals surface area contributed by atoms with Crippen LogP contribution in [0.25, 0.3) is 32.9 Å². The van der Waals surface area contributed by atoms with E-state index in [1.165, 1.54) is 18.2 Å². The summed E-state index contributed by atoms with van der Waals surface area (Å²) in [5, 5.41) is 13.3. The normalized spacial score (nSPS) is 14.1. The highest BCUT2D eigenvalue weighted by Crippen LogP contribution is 2.52. The molecule has 45 heavy (non-hydrogen) atoms. The predicted molar refractivity (Wildman–Crippen MR) is 171 cm³/mol. The minimum atomic E-state index is -4.14. The zero-order valence-electron chi connectivity index (χ0n) is 24.8. The number of carbonyl (C=O) groups is 1. The van der Waals surface area contributed by atoms with Crippen molar-refractivity contribution in [2.75, 3.05) is 13.2 Å². The number of nitrogens with one attached hydrogen (secondary N) is 2. The molecular formula is C33H31ClFN3O6S. The number of carbonyl (C=O) groups excluding carboxylic acids is 1. The lowest BCUT2D eigenvalue weighted by molar-refractivity contribution is -0.121. The van der Waals surface area contributed by atoms with Gasteiger partial charge in [-0.05, 0) is 69.0 Å². The van der Waals surface area contributed by atoms with E-state index in [0.29, 0.717) is 81.7 Å². The minimum Gasteiger partial charge on any atom is -0.504 e. The topological polar surface area (TPSA) is 131 Å². The van der Waals surface area contributed by atoms with Gasteiger partial charge in [-0.2, -0.15) is 0 Å². The first kappa shape index (κ1) is 30.7. The van der Waals surface area contributed by atoms with Gasteiger partial charge in [0.25, 0.3) is 0 Å². The maximum atomic E-state index is 14.6. The monoisotopic (exact) mass is 651 g/mol. The van der Waals surface area contributed by atoms with Gasteiger partial charge in [-0.25, -0.2) is 12.8 Å². The molecule has 2 aromatic heterocycles. The van der Waals surface area contributed by atoms with Crippen molar-refractivity contribution < 1.29 is 32.2 Å². The molecule has 1 fully saturated rings. The molecule has 5 aromatic rings. The SMILES string of the molecule is CCOc1c(O)c2c(-c3ccc(CS(=O)(=O)NC(=O)C4(c5c(F)cccc5Cl)CC4)cc3C)[nH]c(OCC)c2c2ncccc12. The van der Waals surface area contributed by atoms with Crippen molar-refractivity contribution in [1.82, 2.24) is 14.7 Å². The number of fused-ring (bicyclic) bond motifs is 3. The lowest BCUT2D eigenvalue weighted by Gasteiger charge is -2.18. The number of hydrogen-bond acceptors (Lipinski definition) is 7. The van der Waals surface area contributed by atoms with E-state index in [1.807, 2.05) is 26.8 Å². The Morgan fingerprint density at radius 3 is 2.53 bits per heavy atom. The summed E-state index contributed by atoms with van der Waals surface area (Å²) >= 11 is 6.19. The number of aromatic nitrogens is 2. The van der Waals surface area contributed by atoms with Gasteiger partial charge >= 0.3 is 0 Å². The Balaban J connectivity index is 1.34. The number of aromatic amines is 1. The number of benzene rings is 3. The lowest BCUT2D eigenvalue weighted by Crippen LogP contribution is -2.40. The predicted octanol–water partition coefficient (Wildman–Crippen LogP) is 6.66. The molecule has 6 rings (SSSR count). The van der Waals surface area contributed by atoms with Crippen LogP contribution < -0.4 is 14.2 Å². The van der Waals surface area contributed by atoms with E-state index in [9.17, 15) is 22.7 Å². The fourth-order valence-electron chi connectivity index (χ4n) is 5.97. The number of hydrogen-bond donors (Lipinski definition) is 3. The number of amides is 1. The van der Waals surface area contributed by atoms with Gasteiger partial charge in [0.1, 0.15) is 5.82 Å². The quantitative estimate of drug-likeness (QED) is 0.154. The van der Waals surface area contributed by atoms with Crippen molar-refractivity contribution >= 4 is 49.2 Å². The first-order valence-corrected chi connectivity index (χ1v) is 16.5. The molecule has 0 bridgehead atoms. The van der Waals surface area contributed by atoms with Crippen LogP contribution in [0, 0.1) is 12.7 Å². The molecule has 0 radical (unpaired) electrons. The average molecular weight is 652 g/mol. The number of H-pyrrole nitrogens is 1. The molecule has 1 aliphatic carbocycles. The fraction of sp³-hybridized carbons (Fsp3) is 0.273. The van der Waals surface area contributed by atoms with Gasteiger partial charge in [-0.3, -0.25) is 14.5 Å². The van der Waals surface area contributed by atoms with Crippen LogP contribution in [0.4, 0.5) is 4.39 Å². The van der Waals surface area contributed by atoms with Gasteiger partial charge in [0.2, 0.25) is 21.8 Å². The molecule has 1 saturated carbocycles. The minimum absolute atomic E-state index is 0.0166. The second-order valence-corrected chi connectivity index (χ2v) is 13.2. The first-order chi connectivity index (χ1) is 21.5. The van der Waals surface area contributed by atoms with E-state index in [4.69, 9.17) is 21.1 Å². The third-order valence-corrected chi connectivity index (χ3v) is 9.60. The molecule has 3 N–H and O–H groups in total. The molecule has 0 spiro atoms. The molecule has 0 unspecified atom stereocenters. The smallest absolute Gasteiger partial charge is 0.244 e. The van der Waals surface area contributed by atoms with Crippen LogP contribution >= 0.6 is 11.6 Å². The van der Waals surface area contributed by atoms with Gasteiger partial charge in [0, 0.05) is 27.7 Å². The highest BCUT2D eigenvalue weighted by atomic mass is 35.5. The lowest BCUT2D eigenvalue weighted by atomic mass is 9.95. The van der Waals surface area contributed by atoms with Crippen LogP contribution in [0.5, 0.6) is 17.4 Å². The summed E-state index contributed by atoms with van der Waals surface area (Å²) in [6.45, 7) is 6.19. The molecule has 3 aromatic carbocycles. The second kappa shape index (κ2) is 11.5. The maximum Gasteiger partial charge on any atom is 0.244 e. The van der Waals surface area contributed by atoms with Crippen molar-refractivity contribution in [2.24, 2.45) is 0 Å². The summed E-state index contributed by atoms with van der Waals surface area (Å²) in [5.41, 5.74) is 1.67. The Morgan fingerprint density at radius 2 is 1.87 bits per heavy atom. The average Bonchev–Trinajstić information content (AvgIpc) is 3.70. The van der Waals surface area contributed by atoms with E-state index < -0.39 is 32.9 Å². The number of phenols is 1. The summed E-state index contributed by atoms with van der Waals surface area (Å²) in [7, 11) is -4.14. The van der Waals surface area contributed by atoms with Crippen LogP contribution in [0.2, 0.25) is 5.02 Å². The van der Waals surface area contributed by atoms with E-state index in [0.717, 1.165) is 0 Å². The summed E-state index contributed by atoms with van der Waals surface area (Å²) in [5.74, 6) is -1.26. The Labute approximate surface area is 264 Å². The Morgan fingerprint density at radius 1 is 1.11 bits per heavy atom. The van der Waals surface area contributed by atoms with Gasteiger partial charge in [0.05, 0.1) is 46.4 Å². The maximum absolute atomic E-state index is 14.6. The van der Waals surface area contributed by atoms with Crippen LogP contribution in [0.15, 0.2) is 54.7 Å². The van der Waals surface area contributed by atoms with Crippen molar-refractivity contribution in [2.45, 2.75) is 44.8 Å². The molecule has 1 aliphatic rings. The van der Waals surface area contributed by atoms with Crippen LogP contribution in [-0.2, 0) is 26.0 Å². The van der Waals surface area contributed by atoms with Crippen molar-refractivity contribution in [3.8, 4) is 28.6 Å². The number of rotatable bonds is 10. The molecule has 234 valence electrons. The van der Waals surface area contributed by atoms with Crippen molar-refractivity contribution in [1.29, 1.82) is 0 Å². The highest BCUT2D eigenvalue weighted by Gasteiger charge is 2.54. The standard InChI is InChI=1S/C33H31ClFN3O6S/c1-4-43-30-21-8-7-15-36-27(21)25-24(29(30)39)28(37-31(25)44-5-2)20-12-11-19(16-18(20)3)17-45(41,42)38-32(40)33(13-14-33)26-22(34)9-6-10-23(26)35/h6-12,15-16,37,39H,4-5,13-14,17H2,1-3H3,(H,38,40). The Bertz CT molecular complexity index is 2070. The number of pyridine rings is 1. The number of nitrogens with zero attached hydrogens (tertiary/aromatic N) is 1. The molecule has 9 nitrogen and oxygen atoms in total. The number of ether oxygens (including phenoxy) is 2. The van der Waals surface area contributed by atoms with Gasteiger partial charge in [-0.1, -0.05) is 35.9 Å². The zero-order valence-corrected chi connectivity index (χ0v) is 26.4. The van der Waals surface area contributed by atoms with E-state index in [1.54, 1.807) is 30.5 Å². The Hall–Kier alpha value is -4.35. The fourth-order valence-corrected chi connectivity index (χ4v) is 7.49. The number of aryl methyl sites for hydroxylation is 1. The molecule has 0 atom stereocenters. The van der Waals surface area contributed by atoms with Gasteiger partial charge < -0.3 is 19.6 Å². The summed E-state index contributed by atoms with van der Waals surface area (Å²) in [4.78, 5) is 21.0. The highest BCUT2D eigenvalue weighted by molar-refractivity contribution is 7.89. The first-order valence-electron chi connectivity index (χ1n) is 14.5. The molecule has 0 saturated heterocycles. The number of halogens is 2. The van der Waals surface area contributed by atoms with E-state index in [-0.39, 0.29) is 16.3 Å². The molecule has 0 aliphatic heterocycles. The second-order valence-electron chi connectivity index (χ2n) is 11.0. The third kappa shape index (κ3) is 5.33. The largest absolute Gasteiger partial charge is 0.504 e. The van der Waals surface area contributed by atoms with Gasteiger partial charge in [0.15, 0.2) is 11.5 Å².